The van der Waals surface area contributed by atoms with Crippen molar-refractivity contribution in [2.45, 2.75) is 42.7 Å². The average Bonchev–Trinajstić information content (AvgIpc) is 2.92. The molecule has 9 heteroatoms. The van der Waals surface area contributed by atoms with Gasteiger partial charge >= 0.3 is 6.09 Å². The number of hydrogen-bond donors (Lipinski definition) is 4. The molecule has 0 bridgehead atoms. The van der Waals surface area contributed by atoms with Crippen molar-refractivity contribution in [3.63, 3.8) is 0 Å². The number of benzene rings is 1. The number of carboxylic acid groups (broad SMARTS) is 1. The Hall–Kier alpha value is -1.16. The van der Waals surface area contributed by atoms with Crippen LogP contribution in [0.1, 0.15) is 32.8 Å². The number of carbonyl (C=O) groups is 1. The lowest BCUT2D eigenvalue weighted by Crippen LogP contribution is -2.59. The van der Waals surface area contributed by atoms with E-state index in [1.807, 2.05) is 0 Å². The van der Waals surface area contributed by atoms with Crippen LogP contribution in [0.2, 0.25) is 0 Å². The Balaban J connectivity index is 2.27. The van der Waals surface area contributed by atoms with Crippen LogP contribution in [0.4, 0.5) is 9.18 Å². The number of rotatable bonds is 1. The van der Waals surface area contributed by atoms with Crippen molar-refractivity contribution in [1.82, 2.24) is 10.0 Å². The minimum Gasteiger partial charge on any atom is -0.465 e. The van der Waals surface area contributed by atoms with Crippen molar-refractivity contribution >= 4 is 38.4 Å². The Morgan fingerprint density at radius 2 is 2.16 bits per heavy atom. The van der Waals surface area contributed by atoms with E-state index in [0.29, 0.717) is 23.0 Å². The topological polar surface area (TPSA) is 94.0 Å². The van der Waals surface area contributed by atoms with Crippen LogP contribution >= 0.6 is 26.4 Å². The molecule has 2 aliphatic rings. The molecule has 25 heavy (non-hydrogen) atoms. The fourth-order valence-corrected chi connectivity index (χ4v) is 7.51. The van der Waals surface area contributed by atoms with Crippen molar-refractivity contribution in [3.8, 4) is 0 Å². The van der Waals surface area contributed by atoms with Crippen LogP contribution in [0.3, 0.4) is 0 Å². The zero-order chi connectivity index (χ0) is 18.6. The van der Waals surface area contributed by atoms with E-state index in [9.17, 15) is 18.8 Å². The van der Waals surface area contributed by atoms with E-state index in [0.717, 1.165) is 0 Å². The van der Waals surface area contributed by atoms with Crippen molar-refractivity contribution in [1.29, 1.82) is 0 Å². The molecule has 0 radical (unpaired) electrons. The van der Waals surface area contributed by atoms with Gasteiger partial charge in [0.25, 0.3) is 0 Å². The summed E-state index contributed by atoms with van der Waals surface area (Å²) in [5.41, 5.74) is -0.754. The molecule has 1 aromatic carbocycles. The lowest BCUT2D eigenvalue weighted by Gasteiger charge is -2.56. The standard InChI is InChI=1S/C16H21BrFN3O3S/c1-15(2)13(20-14(22)23)21-16(3,12-6-7-19-25(12,15)24)10-8-9(17)4-5-11(10)18/h4-5,8,12,19,24H,6-7H2,1-3H3,(H,20,21)(H,22,23)/t12-,16-/m1/s1. The first kappa shape index (κ1) is 18.6. The van der Waals surface area contributed by atoms with E-state index in [4.69, 9.17) is 0 Å². The van der Waals surface area contributed by atoms with Crippen molar-refractivity contribution in [2.24, 2.45) is 4.99 Å². The van der Waals surface area contributed by atoms with Gasteiger partial charge in [-0.05, 0) is 45.4 Å². The molecule has 0 aliphatic carbocycles. The highest BCUT2D eigenvalue weighted by molar-refractivity contribution is 9.10. The molecule has 6 nitrogen and oxygen atoms in total. The third-order valence-corrected chi connectivity index (χ3v) is 9.56. The maximum Gasteiger partial charge on any atom is 0.410 e. The van der Waals surface area contributed by atoms with Gasteiger partial charge in [-0.25, -0.2) is 9.18 Å². The summed E-state index contributed by atoms with van der Waals surface area (Å²) in [7, 11) is -2.49. The van der Waals surface area contributed by atoms with Gasteiger partial charge in [0, 0.05) is 16.6 Å². The van der Waals surface area contributed by atoms with Crippen molar-refractivity contribution in [2.75, 3.05) is 6.54 Å². The molecule has 1 unspecified atom stereocenters. The highest BCUT2D eigenvalue weighted by atomic mass is 79.9. The summed E-state index contributed by atoms with van der Waals surface area (Å²) in [6, 6.07) is 4.59. The second-order valence-electron chi connectivity index (χ2n) is 6.97. The Kier molecular flexibility index (Phi) is 4.42. The van der Waals surface area contributed by atoms with Gasteiger partial charge in [0.05, 0.1) is 10.00 Å². The van der Waals surface area contributed by atoms with E-state index in [1.165, 1.54) is 6.07 Å². The molecule has 0 aromatic heterocycles. The van der Waals surface area contributed by atoms with Gasteiger partial charge in [0.2, 0.25) is 0 Å². The van der Waals surface area contributed by atoms with E-state index in [-0.39, 0.29) is 11.1 Å². The maximum atomic E-state index is 14.6. The number of aliphatic imine (C=N–C) groups is 1. The third-order valence-electron chi connectivity index (χ3n) is 5.16. The summed E-state index contributed by atoms with van der Waals surface area (Å²) in [6.07, 6.45) is -0.634. The van der Waals surface area contributed by atoms with Crippen LogP contribution in [0.25, 0.3) is 0 Å². The van der Waals surface area contributed by atoms with Crippen LogP contribution in [-0.4, -0.2) is 38.1 Å². The van der Waals surface area contributed by atoms with Crippen LogP contribution in [-0.2, 0) is 5.54 Å². The lowest BCUT2D eigenvalue weighted by atomic mass is 9.86. The van der Waals surface area contributed by atoms with Crippen LogP contribution in [0, 0.1) is 5.82 Å². The molecular formula is C16H21BrFN3O3S. The van der Waals surface area contributed by atoms with Gasteiger partial charge in [-0.2, -0.15) is 0 Å². The van der Waals surface area contributed by atoms with Gasteiger partial charge < -0.3 is 9.66 Å². The van der Waals surface area contributed by atoms with Gasteiger partial charge in [0.1, 0.15) is 17.2 Å². The summed E-state index contributed by atoms with van der Waals surface area (Å²) in [5.74, 6) is -0.289. The second kappa shape index (κ2) is 5.94. The largest absolute Gasteiger partial charge is 0.465 e. The zero-order valence-electron chi connectivity index (χ0n) is 14.1. The fourth-order valence-electron chi connectivity index (χ4n) is 3.75. The second-order valence-corrected chi connectivity index (χ2v) is 11.0. The number of hydrogen-bond acceptors (Lipinski definition) is 4. The summed E-state index contributed by atoms with van der Waals surface area (Å²) in [5, 5.41) is 11.2. The molecule has 1 saturated heterocycles. The van der Waals surface area contributed by atoms with E-state index in [2.05, 4.69) is 31.0 Å². The van der Waals surface area contributed by atoms with Crippen LogP contribution in [0.5, 0.6) is 0 Å². The Morgan fingerprint density at radius 3 is 2.80 bits per heavy atom. The quantitative estimate of drug-likeness (QED) is 0.541. The predicted octanol–water partition coefficient (Wildman–Crippen LogP) is 3.82. The first-order valence-corrected chi connectivity index (χ1v) is 10.3. The van der Waals surface area contributed by atoms with Gasteiger partial charge in [-0.3, -0.25) is 15.0 Å². The molecule has 0 saturated carbocycles. The van der Waals surface area contributed by atoms with Gasteiger partial charge in [-0.1, -0.05) is 26.4 Å². The summed E-state index contributed by atoms with van der Waals surface area (Å²) >= 11 is 3.35. The van der Waals surface area contributed by atoms with E-state index < -0.39 is 32.7 Å². The number of nitrogens with zero attached hydrogens (tertiary/aromatic N) is 1. The van der Waals surface area contributed by atoms with Crippen LogP contribution < -0.4 is 10.0 Å². The number of nitrogens with one attached hydrogen (secondary N) is 2. The summed E-state index contributed by atoms with van der Waals surface area (Å²) in [4.78, 5) is 15.9. The van der Waals surface area contributed by atoms with Crippen molar-refractivity contribution < 1.29 is 18.8 Å². The Labute approximate surface area is 155 Å². The number of fused-ring (bicyclic) bond motifs is 1. The first-order chi connectivity index (χ1) is 11.5. The van der Waals surface area contributed by atoms with Crippen LogP contribution in [0.15, 0.2) is 27.7 Å². The number of amidine groups is 1. The highest BCUT2D eigenvalue weighted by Gasteiger charge is 2.61. The van der Waals surface area contributed by atoms with Gasteiger partial charge in [0.15, 0.2) is 0 Å². The SMILES string of the molecule is CC1(C)C(NC(=O)O)=N[C@](C)(c2cc(Br)ccc2F)[C@H]2CCNS21O. The minimum absolute atomic E-state index is 0.144. The molecule has 0 spiro atoms. The first-order valence-electron chi connectivity index (χ1n) is 7.87. The fraction of sp³-hybridized carbons (Fsp3) is 0.500. The number of amides is 1. The highest BCUT2D eigenvalue weighted by Crippen LogP contribution is 2.67. The van der Waals surface area contributed by atoms with Crippen molar-refractivity contribution in [3.05, 3.63) is 34.1 Å². The molecular weight excluding hydrogens is 413 g/mol. The third kappa shape index (κ3) is 2.68. The van der Waals surface area contributed by atoms with E-state index in [1.54, 1.807) is 32.9 Å². The molecule has 138 valence electrons. The monoisotopic (exact) mass is 433 g/mol. The molecule has 2 heterocycles. The van der Waals surface area contributed by atoms with Gasteiger partial charge in [-0.15, -0.1) is 0 Å². The molecule has 3 rings (SSSR count). The Bertz CT molecular complexity index is 775. The molecule has 1 amide bonds. The van der Waals surface area contributed by atoms with E-state index >= 15 is 0 Å². The molecule has 4 N–H and O–H groups in total. The molecule has 2 aliphatic heterocycles. The summed E-state index contributed by atoms with van der Waals surface area (Å²) in [6.45, 7) is 5.85. The minimum atomic E-state index is -2.49. The molecule has 3 atom stereocenters. The molecule has 1 fully saturated rings. The lowest BCUT2D eigenvalue weighted by molar-refractivity contribution is 0.199. The molecule has 1 aromatic rings. The zero-order valence-corrected chi connectivity index (χ0v) is 16.5. The average molecular weight is 434 g/mol. The maximum absolute atomic E-state index is 14.6. The Morgan fingerprint density at radius 1 is 1.48 bits per heavy atom. The normalized spacial score (nSPS) is 36.1. The smallest absolute Gasteiger partial charge is 0.410 e. The number of halogens is 2. The predicted molar refractivity (Wildman–Crippen MR) is 101 cm³/mol. The summed E-state index contributed by atoms with van der Waals surface area (Å²) < 4.78 is 29.1.